The molecule has 34 heavy (non-hydrogen) atoms. The number of methoxy groups -OCH3 is 1. The van der Waals surface area contributed by atoms with Gasteiger partial charge in [-0.2, -0.15) is 11.8 Å². The second kappa shape index (κ2) is 17.5. The second-order valence-corrected chi connectivity index (χ2v) is 12.3. The summed E-state index contributed by atoms with van der Waals surface area (Å²) >= 11 is 3.15. The molecule has 8 nitrogen and oxygen atoms in total. The van der Waals surface area contributed by atoms with Gasteiger partial charge in [0, 0.05) is 35.3 Å². The molecule has 1 aliphatic rings. The first-order chi connectivity index (χ1) is 16.0. The monoisotopic (exact) mass is 520 g/mol. The summed E-state index contributed by atoms with van der Waals surface area (Å²) in [5.74, 6) is 0.968. The van der Waals surface area contributed by atoms with Crippen LogP contribution in [0.4, 0.5) is 0 Å². The lowest BCUT2D eigenvalue weighted by Crippen LogP contribution is -2.57. The maximum atomic E-state index is 12.5. The van der Waals surface area contributed by atoms with Crippen LogP contribution in [0.25, 0.3) is 0 Å². The summed E-state index contributed by atoms with van der Waals surface area (Å²) in [6.45, 7) is 12.4. The maximum absolute atomic E-state index is 12.5. The van der Waals surface area contributed by atoms with Crippen molar-refractivity contribution in [3.8, 4) is 0 Å². The number of ether oxygens (including phenoxy) is 1. The number of esters is 1. The van der Waals surface area contributed by atoms with Gasteiger partial charge in [0.05, 0.1) is 19.0 Å². The average Bonchev–Trinajstić information content (AvgIpc) is 2.80. The van der Waals surface area contributed by atoms with Crippen molar-refractivity contribution < 1.29 is 19.1 Å². The minimum atomic E-state index is -0.630. The van der Waals surface area contributed by atoms with Crippen molar-refractivity contribution in [2.75, 3.05) is 31.0 Å². The Labute approximate surface area is 215 Å². The number of hydrogen-bond donors (Lipinski definition) is 4. The van der Waals surface area contributed by atoms with E-state index in [1.807, 2.05) is 13.8 Å². The van der Waals surface area contributed by atoms with Gasteiger partial charge in [0.15, 0.2) is 0 Å². The zero-order valence-corrected chi connectivity index (χ0v) is 23.9. The Morgan fingerprint density at radius 2 is 1.68 bits per heavy atom. The van der Waals surface area contributed by atoms with Crippen molar-refractivity contribution in [2.24, 2.45) is 5.73 Å². The van der Waals surface area contributed by atoms with Crippen LogP contribution in [0.5, 0.6) is 0 Å². The molecule has 2 unspecified atom stereocenters. The molecule has 0 aromatic heterocycles. The van der Waals surface area contributed by atoms with Crippen molar-refractivity contribution in [2.45, 2.75) is 102 Å². The number of carbonyl (C=O) groups excluding carboxylic acids is 3. The van der Waals surface area contributed by atoms with E-state index in [4.69, 9.17) is 10.5 Å². The van der Waals surface area contributed by atoms with Crippen molar-refractivity contribution in [1.82, 2.24) is 16.0 Å². The highest BCUT2D eigenvalue weighted by molar-refractivity contribution is 8.00. The van der Waals surface area contributed by atoms with Crippen LogP contribution in [0, 0.1) is 0 Å². The van der Waals surface area contributed by atoms with Gasteiger partial charge in [-0.3, -0.25) is 19.7 Å². The van der Waals surface area contributed by atoms with Crippen LogP contribution in [0.1, 0.15) is 80.1 Å². The molecule has 0 aromatic rings. The number of carbonyl (C=O) groups is 3. The lowest BCUT2D eigenvalue weighted by atomic mass is 9.78. The van der Waals surface area contributed by atoms with Crippen LogP contribution in [0.2, 0.25) is 0 Å². The van der Waals surface area contributed by atoms with Gasteiger partial charge in [-0.1, -0.05) is 53.9 Å². The van der Waals surface area contributed by atoms with Crippen LogP contribution >= 0.6 is 23.5 Å². The maximum Gasteiger partial charge on any atom is 0.323 e. The summed E-state index contributed by atoms with van der Waals surface area (Å²) in [5.41, 5.74) is 5.78. The van der Waals surface area contributed by atoms with Crippen molar-refractivity contribution in [1.29, 1.82) is 0 Å². The van der Waals surface area contributed by atoms with Gasteiger partial charge in [0.25, 0.3) is 0 Å². The Hall–Kier alpha value is -0.970. The van der Waals surface area contributed by atoms with Gasteiger partial charge in [-0.25, -0.2) is 0 Å². The number of thioether (sulfide) groups is 2. The Kier molecular flexibility index (Phi) is 17.0. The van der Waals surface area contributed by atoms with Gasteiger partial charge >= 0.3 is 5.97 Å². The zero-order chi connectivity index (χ0) is 26.2. The van der Waals surface area contributed by atoms with E-state index < -0.39 is 6.04 Å². The third kappa shape index (κ3) is 14.4. The fraction of sp³-hybridized carbons (Fsp3) is 0.875. The van der Waals surface area contributed by atoms with Crippen LogP contribution in [0.3, 0.4) is 0 Å². The molecule has 5 N–H and O–H groups in total. The van der Waals surface area contributed by atoms with E-state index in [-0.39, 0.29) is 34.1 Å². The lowest BCUT2D eigenvalue weighted by molar-refractivity contribution is -0.143. The van der Waals surface area contributed by atoms with E-state index in [0.29, 0.717) is 23.9 Å². The smallest absolute Gasteiger partial charge is 0.323 e. The number of nitrogens with one attached hydrogen (secondary N) is 3. The van der Waals surface area contributed by atoms with Gasteiger partial charge in [0.1, 0.15) is 6.04 Å². The first kappa shape index (κ1) is 33.0. The van der Waals surface area contributed by atoms with Gasteiger partial charge < -0.3 is 21.1 Å². The average molecular weight is 521 g/mol. The normalized spacial score (nSPS) is 16.9. The Morgan fingerprint density at radius 1 is 1.06 bits per heavy atom. The molecule has 1 saturated carbocycles. The van der Waals surface area contributed by atoms with E-state index in [1.165, 1.54) is 32.2 Å². The molecule has 0 saturated heterocycles. The molecule has 1 fully saturated rings. The molecule has 0 aliphatic heterocycles. The molecule has 0 bridgehead atoms. The SMILES string of the molecule is CC.COC(=O)C(CSC(C)(C)C)NC1(CCNC(=O)C(N)CSCNC(C)=O)CCCCC1. The predicted octanol–water partition coefficient (Wildman–Crippen LogP) is 3.04. The molecule has 1 aliphatic carbocycles. The molecular formula is C24H48N4O4S2. The largest absolute Gasteiger partial charge is 0.468 e. The molecule has 0 spiro atoms. The van der Waals surface area contributed by atoms with Gasteiger partial charge in [-0.15, -0.1) is 11.8 Å². The number of rotatable bonds is 13. The van der Waals surface area contributed by atoms with Gasteiger partial charge in [0.2, 0.25) is 11.8 Å². The van der Waals surface area contributed by atoms with Crippen molar-refractivity contribution in [3.05, 3.63) is 0 Å². The minimum absolute atomic E-state index is 0.0513. The number of amides is 2. The highest BCUT2D eigenvalue weighted by atomic mass is 32.2. The molecule has 2 amide bonds. The van der Waals surface area contributed by atoms with E-state index >= 15 is 0 Å². The van der Waals surface area contributed by atoms with E-state index in [2.05, 4.69) is 36.7 Å². The van der Waals surface area contributed by atoms with Crippen LogP contribution in [-0.2, 0) is 19.1 Å². The zero-order valence-electron chi connectivity index (χ0n) is 22.3. The topological polar surface area (TPSA) is 123 Å². The summed E-state index contributed by atoms with van der Waals surface area (Å²) in [7, 11) is 1.43. The molecule has 0 heterocycles. The second-order valence-electron chi connectivity index (χ2n) is 9.38. The summed E-state index contributed by atoms with van der Waals surface area (Å²) in [6.07, 6.45) is 6.05. The predicted molar refractivity (Wildman–Crippen MR) is 145 cm³/mol. The van der Waals surface area contributed by atoms with Gasteiger partial charge in [-0.05, 0) is 19.3 Å². The molecule has 10 heteroatoms. The highest BCUT2D eigenvalue weighted by Gasteiger charge is 2.36. The van der Waals surface area contributed by atoms with Crippen LogP contribution < -0.4 is 21.7 Å². The third-order valence-corrected chi connectivity index (χ3v) is 7.73. The fourth-order valence-electron chi connectivity index (χ4n) is 3.68. The van der Waals surface area contributed by atoms with E-state index in [1.54, 1.807) is 11.8 Å². The molecule has 1 rings (SSSR count). The third-order valence-electron chi connectivity index (χ3n) is 5.42. The number of hydrogen-bond acceptors (Lipinski definition) is 8. The first-order valence-electron chi connectivity index (χ1n) is 12.3. The standard InChI is InChI=1S/C22H42N4O4S2.C2H6/c1-16(27)25-15-31-13-17(23)19(28)24-12-11-22(9-7-6-8-10-22)26-18(20(29)30-5)14-32-21(2,3)4;1-2/h17-18,26H,6-15,23H2,1-5H3,(H,24,28)(H,25,27);1-2H3. The first-order valence-corrected chi connectivity index (χ1v) is 14.5. The van der Waals surface area contributed by atoms with Crippen molar-refractivity contribution >= 4 is 41.3 Å². The minimum Gasteiger partial charge on any atom is -0.468 e. The summed E-state index contributed by atoms with van der Waals surface area (Å²) < 4.78 is 5.12. The van der Waals surface area contributed by atoms with E-state index in [9.17, 15) is 14.4 Å². The Bertz CT molecular complexity index is 608. The number of nitrogens with two attached hydrogens (primary N) is 1. The highest BCUT2D eigenvalue weighted by Crippen LogP contribution is 2.32. The van der Waals surface area contributed by atoms with Crippen LogP contribution in [-0.4, -0.2) is 71.2 Å². The summed E-state index contributed by atoms with van der Waals surface area (Å²) in [6, 6.07) is -1.01. The lowest BCUT2D eigenvalue weighted by Gasteiger charge is -2.41. The molecule has 2 atom stereocenters. The Balaban J connectivity index is 0.00000529. The molecule has 200 valence electrons. The Morgan fingerprint density at radius 3 is 2.21 bits per heavy atom. The molecule has 0 aromatic carbocycles. The van der Waals surface area contributed by atoms with E-state index in [0.717, 1.165) is 32.1 Å². The quantitative estimate of drug-likeness (QED) is 0.166. The van der Waals surface area contributed by atoms with Crippen molar-refractivity contribution in [3.63, 3.8) is 0 Å². The summed E-state index contributed by atoms with van der Waals surface area (Å²) in [5, 5.41) is 9.25. The molecular weight excluding hydrogens is 472 g/mol. The fourth-order valence-corrected chi connectivity index (χ4v) is 5.39. The summed E-state index contributed by atoms with van der Waals surface area (Å²) in [4.78, 5) is 35.7. The van der Waals surface area contributed by atoms with Crippen LogP contribution in [0.15, 0.2) is 0 Å². The molecule has 0 radical (unpaired) electrons.